The van der Waals surface area contributed by atoms with Crippen LogP contribution in [0.1, 0.15) is 12.0 Å². The van der Waals surface area contributed by atoms with Gasteiger partial charge in [0.15, 0.2) is 5.96 Å². The van der Waals surface area contributed by atoms with Crippen LogP contribution >= 0.6 is 0 Å². The predicted molar refractivity (Wildman–Crippen MR) is 118 cm³/mol. The third-order valence-electron chi connectivity index (χ3n) is 5.01. The van der Waals surface area contributed by atoms with Gasteiger partial charge in [-0.1, -0.05) is 12.1 Å². The maximum absolute atomic E-state index is 5.99. The molecule has 0 saturated carbocycles. The second-order valence-corrected chi connectivity index (χ2v) is 7.14. The molecule has 6 nitrogen and oxygen atoms in total. The number of ether oxygens (including phenoxy) is 1. The molecule has 0 bridgehead atoms. The van der Waals surface area contributed by atoms with E-state index in [1.807, 2.05) is 24.3 Å². The maximum Gasteiger partial charge on any atom is 0.193 e. The monoisotopic (exact) mass is 381 g/mol. The molecule has 0 unspecified atom stereocenters. The Kier molecular flexibility index (Phi) is 7.14. The molecule has 150 valence electrons. The third-order valence-corrected chi connectivity index (χ3v) is 5.01. The van der Waals surface area contributed by atoms with Crippen molar-refractivity contribution in [1.82, 2.24) is 4.90 Å². The van der Waals surface area contributed by atoms with Gasteiger partial charge in [-0.2, -0.15) is 0 Å². The summed E-state index contributed by atoms with van der Waals surface area (Å²) in [6.07, 6.45) is 1.01. The number of nitrogens with one attached hydrogen (secondary N) is 1. The van der Waals surface area contributed by atoms with E-state index in [1.165, 1.54) is 11.3 Å². The van der Waals surface area contributed by atoms with Gasteiger partial charge in [0.05, 0.1) is 7.11 Å². The third kappa shape index (κ3) is 5.89. The smallest absolute Gasteiger partial charge is 0.193 e. The van der Waals surface area contributed by atoms with Gasteiger partial charge in [0.1, 0.15) is 5.75 Å². The molecule has 1 heterocycles. The zero-order valence-corrected chi connectivity index (χ0v) is 16.9. The van der Waals surface area contributed by atoms with Gasteiger partial charge < -0.3 is 20.7 Å². The number of aryl methyl sites for hydroxylation is 1. The Morgan fingerprint density at radius 1 is 1.11 bits per heavy atom. The van der Waals surface area contributed by atoms with Gasteiger partial charge >= 0.3 is 0 Å². The van der Waals surface area contributed by atoms with Crippen molar-refractivity contribution in [2.24, 2.45) is 10.7 Å². The summed E-state index contributed by atoms with van der Waals surface area (Å²) in [6.45, 7) is 8.10. The number of benzene rings is 2. The van der Waals surface area contributed by atoms with E-state index >= 15 is 0 Å². The zero-order chi connectivity index (χ0) is 19.8. The normalized spacial score (nSPS) is 15.5. The minimum atomic E-state index is 0.481. The fourth-order valence-corrected chi connectivity index (χ4v) is 3.43. The molecule has 1 aliphatic heterocycles. The summed E-state index contributed by atoms with van der Waals surface area (Å²) in [6, 6.07) is 16.4. The number of hydrogen-bond acceptors (Lipinski definition) is 4. The molecule has 3 rings (SSSR count). The Bertz CT molecular complexity index is 767. The largest absolute Gasteiger partial charge is 0.497 e. The summed E-state index contributed by atoms with van der Waals surface area (Å²) in [4.78, 5) is 9.37. The Morgan fingerprint density at radius 2 is 1.86 bits per heavy atom. The highest BCUT2D eigenvalue weighted by molar-refractivity contribution is 5.92. The Morgan fingerprint density at radius 3 is 2.54 bits per heavy atom. The van der Waals surface area contributed by atoms with Crippen LogP contribution in [-0.4, -0.2) is 57.2 Å². The average Bonchev–Trinajstić information content (AvgIpc) is 2.72. The van der Waals surface area contributed by atoms with Crippen molar-refractivity contribution in [3.8, 4) is 5.75 Å². The molecule has 2 aromatic rings. The number of rotatable bonds is 7. The molecule has 28 heavy (non-hydrogen) atoms. The lowest BCUT2D eigenvalue weighted by Gasteiger charge is -2.36. The Hall–Kier alpha value is -2.73. The van der Waals surface area contributed by atoms with Gasteiger partial charge in [-0.15, -0.1) is 0 Å². The quantitative estimate of drug-likeness (QED) is 0.439. The SMILES string of the molecule is COc1ccc(N2CCN(CCCN=C(N)Nc3cccc(C)c3)CC2)cc1. The van der Waals surface area contributed by atoms with E-state index < -0.39 is 0 Å². The maximum atomic E-state index is 5.99. The first-order chi connectivity index (χ1) is 13.6. The lowest BCUT2D eigenvalue weighted by Crippen LogP contribution is -2.46. The number of nitrogens with zero attached hydrogens (tertiary/aromatic N) is 3. The summed E-state index contributed by atoms with van der Waals surface area (Å²) in [5, 5.41) is 3.15. The van der Waals surface area contributed by atoms with Crippen LogP contribution in [-0.2, 0) is 0 Å². The van der Waals surface area contributed by atoms with E-state index in [1.54, 1.807) is 7.11 Å². The van der Waals surface area contributed by atoms with Gasteiger partial charge in [-0.05, 0) is 55.3 Å². The summed E-state index contributed by atoms with van der Waals surface area (Å²) in [7, 11) is 1.70. The fraction of sp³-hybridized carbons (Fsp3) is 0.409. The van der Waals surface area contributed by atoms with Crippen LogP contribution in [0.2, 0.25) is 0 Å². The van der Waals surface area contributed by atoms with Gasteiger partial charge in [0.2, 0.25) is 0 Å². The van der Waals surface area contributed by atoms with Crippen molar-refractivity contribution >= 4 is 17.3 Å². The number of piperazine rings is 1. The Labute approximate surface area is 168 Å². The molecule has 0 amide bonds. The summed E-state index contributed by atoms with van der Waals surface area (Å²) in [5.74, 6) is 1.38. The first-order valence-electron chi connectivity index (χ1n) is 9.89. The van der Waals surface area contributed by atoms with E-state index in [0.717, 1.165) is 57.1 Å². The van der Waals surface area contributed by atoms with E-state index in [4.69, 9.17) is 10.5 Å². The van der Waals surface area contributed by atoms with Crippen molar-refractivity contribution in [3.63, 3.8) is 0 Å². The second kappa shape index (κ2) is 9.99. The van der Waals surface area contributed by atoms with E-state index in [-0.39, 0.29) is 0 Å². The molecule has 1 fully saturated rings. The van der Waals surface area contributed by atoms with Crippen LogP contribution in [0.4, 0.5) is 11.4 Å². The predicted octanol–water partition coefficient (Wildman–Crippen LogP) is 2.94. The van der Waals surface area contributed by atoms with Crippen molar-refractivity contribution < 1.29 is 4.74 Å². The van der Waals surface area contributed by atoms with E-state index in [9.17, 15) is 0 Å². The van der Waals surface area contributed by atoms with Crippen molar-refractivity contribution in [1.29, 1.82) is 0 Å². The topological polar surface area (TPSA) is 66.1 Å². The zero-order valence-electron chi connectivity index (χ0n) is 16.9. The summed E-state index contributed by atoms with van der Waals surface area (Å²) < 4.78 is 5.23. The highest BCUT2D eigenvalue weighted by atomic mass is 16.5. The van der Waals surface area contributed by atoms with Crippen molar-refractivity contribution in [2.45, 2.75) is 13.3 Å². The Balaban J connectivity index is 1.36. The first-order valence-corrected chi connectivity index (χ1v) is 9.89. The molecular formula is C22H31N5O. The van der Waals surface area contributed by atoms with Gasteiger partial charge in [-0.25, -0.2) is 0 Å². The standard InChI is InChI=1S/C22H31N5O/c1-18-5-3-6-19(17-18)25-22(23)24-11-4-12-26-13-15-27(16-14-26)20-7-9-21(28-2)10-8-20/h3,5-10,17H,4,11-16H2,1-2H3,(H3,23,24,25). The lowest BCUT2D eigenvalue weighted by molar-refractivity contribution is 0.256. The molecular weight excluding hydrogens is 350 g/mol. The number of anilines is 2. The lowest BCUT2D eigenvalue weighted by atomic mass is 10.2. The summed E-state index contributed by atoms with van der Waals surface area (Å²) >= 11 is 0. The summed E-state index contributed by atoms with van der Waals surface area (Å²) in [5.41, 5.74) is 9.43. The van der Waals surface area contributed by atoms with Crippen LogP contribution in [0, 0.1) is 6.92 Å². The number of guanidine groups is 1. The fourth-order valence-electron chi connectivity index (χ4n) is 3.43. The number of methoxy groups -OCH3 is 1. The highest BCUT2D eigenvalue weighted by Crippen LogP contribution is 2.20. The van der Waals surface area contributed by atoms with Gasteiger partial charge in [0, 0.05) is 50.6 Å². The molecule has 2 aromatic carbocycles. The van der Waals surface area contributed by atoms with Gasteiger partial charge in [-0.3, -0.25) is 9.89 Å². The number of nitrogens with two attached hydrogens (primary N) is 1. The van der Waals surface area contributed by atoms with E-state index in [2.05, 4.69) is 51.3 Å². The minimum Gasteiger partial charge on any atom is -0.497 e. The molecule has 0 radical (unpaired) electrons. The molecule has 3 N–H and O–H groups in total. The van der Waals surface area contributed by atoms with E-state index in [0.29, 0.717) is 5.96 Å². The van der Waals surface area contributed by atoms with Crippen LogP contribution in [0.25, 0.3) is 0 Å². The molecule has 0 aliphatic carbocycles. The molecule has 1 aliphatic rings. The molecule has 0 spiro atoms. The molecule has 1 saturated heterocycles. The average molecular weight is 382 g/mol. The van der Waals surface area contributed by atoms with Crippen LogP contribution in [0.3, 0.4) is 0 Å². The van der Waals surface area contributed by atoms with Crippen LogP contribution in [0.5, 0.6) is 5.75 Å². The van der Waals surface area contributed by atoms with Gasteiger partial charge in [0.25, 0.3) is 0 Å². The van der Waals surface area contributed by atoms with Crippen molar-refractivity contribution in [3.05, 3.63) is 54.1 Å². The van der Waals surface area contributed by atoms with Crippen LogP contribution < -0.4 is 20.7 Å². The first kappa shape index (κ1) is 20.0. The number of aliphatic imine (C=N–C) groups is 1. The minimum absolute atomic E-state index is 0.481. The van der Waals surface area contributed by atoms with Crippen molar-refractivity contribution in [2.75, 3.05) is 56.6 Å². The molecule has 0 atom stereocenters. The number of hydrogen-bond donors (Lipinski definition) is 2. The second-order valence-electron chi connectivity index (χ2n) is 7.14. The molecule has 6 heteroatoms. The van der Waals surface area contributed by atoms with Crippen LogP contribution in [0.15, 0.2) is 53.5 Å². The highest BCUT2D eigenvalue weighted by Gasteiger charge is 2.16. The molecule has 0 aromatic heterocycles.